The number of carbonyl (C=O) groups excluding carboxylic acids is 1. The molecule has 0 spiro atoms. The molecule has 0 atom stereocenters. The number of H-pyrrole nitrogens is 1. The number of nitrogens with zero attached hydrogens (tertiary/aromatic N) is 2. The number of aliphatic carboxylic acids is 1. The van der Waals surface area contributed by atoms with Gasteiger partial charge in [0, 0.05) is 18.6 Å². The van der Waals surface area contributed by atoms with Gasteiger partial charge >= 0.3 is 11.9 Å². The first-order valence-electron chi connectivity index (χ1n) is 8.20. The Kier molecular flexibility index (Phi) is 6.98. The van der Waals surface area contributed by atoms with Crippen LogP contribution in [-0.2, 0) is 9.53 Å². The highest BCUT2D eigenvalue weighted by Crippen LogP contribution is 2.42. The Hall–Kier alpha value is -3.30. The topological polar surface area (TPSA) is 133 Å². The van der Waals surface area contributed by atoms with Gasteiger partial charge in [0.1, 0.15) is 22.9 Å². The molecule has 10 heteroatoms. The number of aromatic amines is 1. The molecule has 0 aliphatic heterocycles. The van der Waals surface area contributed by atoms with Crippen molar-refractivity contribution in [2.45, 2.75) is 19.8 Å². The summed E-state index contributed by atoms with van der Waals surface area (Å²) in [4.78, 5) is 22.7. The monoisotopic (exact) mass is 379 g/mol. The zero-order chi connectivity index (χ0) is 19.8. The minimum atomic E-state index is -0.887. The average Bonchev–Trinajstić information content (AvgIpc) is 3.13. The molecule has 0 saturated heterocycles. The van der Waals surface area contributed by atoms with Crippen LogP contribution in [0.1, 0.15) is 30.3 Å². The second-order valence-electron chi connectivity index (χ2n) is 5.29. The lowest BCUT2D eigenvalue weighted by Crippen LogP contribution is -2.08. The first kappa shape index (κ1) is 20.0. The minimum absolute atomic E-state index is 0.00331. The van der Waals surface area contributed by atoms with E-state index in [0.717, 1.165) is 0 Å². The number of rotatable bonds is 10. The van der Waals surface area contributed by atoms with Crippen LogP contribution in [0.4, 0.5) is 0 Å². The predicted molar refractivity (Wildman–Crippen MR) is 93.2 cm³/mol. The van der Waals surface area contributed by atoms with E-state index in [9.17, 15) is 9.59 Å². The predicted octanol–water partition coefficient (Wildman–Crippen LogP) is 1.91. The number of hydrogen-bond acceptors (Lipinski definition) is 8. The second kappa shape index (κ2) is 9.41. The maximum atomic E-state index is 12.1. The van der Waals surface area contributed by atoms with Gasteiger partial charge in [-0.2, -0.15) is 10.3 Å². The van der Waals surface area contributed by atoms with Crippen molar-refractivity contribution in [2.75, 3.05) is 27.4 Å². The number of hydrogen-bond donors (Lipinski definition) is 2. The van der Waals surface area contributed by atoms with Crippen LogP contribution in [0.5, 0.6) is 17.2 Å². The molecule has 27 heavy (non-hydrogen) atoms. The fourth-order valence-corrected chi connectivity index (χ4v) is 2.36. The van der Waals surface area contributed by atoms with Crippen LogP contribution in [0.25, 0.3) is 11.3 Å². The molecule has 0 saturated carbocycles. The normalized spacial score (nSPS) is 10.3. The van der Waals surface area contributed by atoms with Crippen LogP contribution in [0.2, 0.25) is 0 Å². The quantitative estimate of drug-likeness (QED) is 0.469. The average molecular weight is 379 g/mol. The number of carboxylic acids is 1. The Bertz CT molecular complexity index is 779. The highest BCUT2D eigenvalue weighted by Gasteiger charge is 2.25. The summed E-state index contributed by atoms with van der Waals surface area (Å²) in [6, 6.07) is 3.20. The van der Waals surface area contributed by atoms with E-state index < -0.39 is 11.9 Å². The highest BCUT2D eigenvalue weighted by atomic mass is 16.5. The molecule has 0 aliphatic rings. The van der Waals surface area contributed by atoms with Crippen LogP contribution in [0.15, 0.2) is 12.1 Å². The molecule has 0 bridgehead atoms. The fraction of sp³-hybridized carbons (Fsp3) is 0.412. The summed E-state index contributed by atoms with van der Waals surface area (Å²) < 4.78 is 21.4. The van der Waals surface area contributed by atoms with Crippen molar-refractivity contribution in [1.82, 2.24) is 15.4 Å². The number of methoxy groups -OCH3 is 2. The minimum Gasteiger partial charge on any atom is -0.496 e. The fourth-order valence-electron chi connectivity index (χ4n) is 2.36. The summed E-state index contributed by atoms with van der Waals surface area (Å²) in [6.07, 6.45) is 0.367. The SMILES string of the molecule is CCOC(=O)c1n[nH]nc1-c1c(OC)cc(OCCCC(=O)O)cc1OC. The van der Waals surface area contributed by atoms with Crippen molar-refractivity contribution < 1.29 is 33.6 Å². The molecule has 1 aromatic carbocycles. The first-order chi connectivity index (χ1) is 13.0. The van der Waals surface area contributed by atoms with E-state index in [0.29, 0.717) is 29.2 Å². The van der Waals surface area contributed by atoms with Crippen LogP contribution in [0.3, 0.4) is 0 Å². The number of aromatic nitrogens is 3. The molecular formula is C17H21N3O7. The molecule has 2 aromatic rings. The molecule has 1 heterocycles. The van der Waals surface area contributed by atoms with Crippen molar-refractivity contribution >= 4 is 11.9 Å². The van der Waals surface area contributed by atoms with Gasteiger partial charge in [0.15, 0.2) is 5.69 Å². The van der Waals surface area contributed by atoms with Gasteiger partial charge in [0.05, 0.1) is 33.0 Å². The van der Waals surface area contributed by atoms with Gasteiger partial charge < -0.3 is 24.1 Å². The van der Waals surface area contributed by atoms with E-state index in [1.54, 1.807) is 19.1 Å². The number of esters is 1. The number of carboxylic acid groups (broad SMARTS) is 1. The van der Waals surface area contributed by atoms with Gasteiger partial charge in [-0.25, -0.2) is 4.79 Å². The Morgan fingerprint density at radius 3 is 2.37 bits per heavy atom. The molecule has 0 radical (unpaired) electrons. The number of benzene rings is 1. The zero-order valence-corrected chi connectivity index (χ0v) is 15.3. The van der Waals surface area contributed by atoms with E-state index in [-0.39, 0.29) is 31.0 Å². The molecular weight excluding hydrogens is 358 g/mol. The van der Waals surface area contributed by atoms with Crippen LogP contribution in [0, 0.1) is 0 Å². The highest BCUT2D eigenvalue weighted by molar-refractivity contribution is 5.96. The first-order valence-corrected chi connectivity index (χ1v) is 8.20. The van der Waals surface area contributed by atoms with E-state index in [1.807, 2.05) is 0 Å². The van der Waals surface area contributed by atoms with Crippen molar-refractivity contribution in [3.8, 4) is 28.5 Å². The second-order valence-corrected chi connectivity index (χ2v) is 5.29. The number of ether oxygens (including phenoxy) is 4. The third-order valence-corrected chi connectivity index (χ3v) is 3.54. The van der Waals surface area contributed by atoms with E-state index >= 15 is 0 Å². The van der Waals surface area contributed by atoms with Gasteiger partial charge in [0.2, 0.25) is 0 Å². The third-order valence-electron chi connectivity index (χ3n) is 3.54. The standard InChI is InChI=1S/C17H21N3O7/c1-4-26-17(23)16-15(18-20-19-16)14-11(24-2)8-10(9-12(14)25-3)27-7-5-6-13(21)22/h8-9H,4-7H2,1-3H3,(H,21,22)(H,18,19,20). The summed E-state index contributed by atoms with van der Waals surface area (Å²) in [6.45, 7) is 2.10. The van der Waals surface area contributed by atoms with Gasteiger partial charge in [-0.3, -0.25) is 4.79 Å². The molecule has 0 unspecified atom stereocenters. The van der Waals surface area contributed by atoms with Crippen molar-refractivity contribution in [1.29, 1.82) is 0 Å². The third kappa shape index (κ3) is 4.87. The maximum Gasteiger partial charge on any atom is 0.361 e. The lowest BCUT2D eigenvalue weighted by Gasteiger charge is -2.15. The van der Waals surface area contributed by atoms with E-state index in [4.69, 9.17) is 24.1 Å². The smallest absolute Gasteiger partial charge is 0.361 e. The summed E-state index contributed by atoms with van der Waals surface area (Å²) in [5, 5.41) is 19.0. The lowest BCUT2D eigenvalue weighted by atomic mass is 10.1. The Morgan fingerprint density at radius 2 is 1.81 bits per heavy atom. The molecule has 2 N–H and O–H groups in total. The molecule has 146 valence electrons. The molecule has 0 amide bonds. The lowest BCUT2D eigenvalue weighted by molar-refractivity contribution is -0.137. The summed E-state index contributed by atoms with van der Waals surface area (Å²) in [7, 11) is 2.91. The summed E-state index contributed by atoms with van der Waals surface area (Å²) >= 11 is 0. The van der Waals surface area contributed by atoms with E-state index in [2.05, 4.69) is 15.4 Å². The van der Waals surface area contributed by atoms with Crippen molar-refractivity contribution in [3.05, 3.63) is 17.8 Å². The molecule has 10 nitrogen and oxygen atoms in total. The van der Waals surface area contributed by atoms with Crippen molar-refractivity contribution in [3.63, 3.8) is 0 Å². The van der Waals surface area contributed by atoms with Gasteiger partial charge in [-0.05, 0) is 13.3 Å². The largest absolute Gasteiger partial charge is 0.496 e. The Labute approximate surface area is 155 Å². The van der Waals surface area contributed by atoms with Gasteiger partial charge in [-0.1, -0.05) is 0 Å². The van der Waals surface area contributed by atoms with Gasteiger partial charge in [0.25, 0.3) is 0 Å². The number of carbonyl (C=O) groups is 2. The number of nitrogens with one attached hydrogen (secondary N) is 1. The molecule has 1 aromatic heterocycles. The van der Waals surface area contributed by atoms with E-state index in [1.165, 1.54) is 14.2 Å². The van der Waals surface area contributed by atoms with Crippen molar-refractivity contribution in [2.24, 2.45) is 0 Å². The van der Waals surface area contributed by atoms with Gasteiger partial charge in [-0.15, -0.1) is 5.10 Å². The van der Waals surface area contributed by atoms with Crippen LogP contribution < -0.4 is 14.2 Å². The van der Waals surface area contributed by atoms with Crippen LogP contribution >= 0.6 is 0 Å². The molecule has 2 rings (SSSR count). The molecule has 0 aliphatic carbocycles. The van der Waals surface area contributed by atoms with Crippen LogP contribution in [-0.4, -0.2) is 59.9 Å². The summed E-state index contributed by atoms with van der Waals surface area (Å²) in [5.74, 6) is -0.385. The zero-order valence-electron chi connectivity index (χ0n) is 15.3. The maximum absolute atomic E-state index is 12.1. The Morgan fingerprint density at radius 1 is 1.15 bits per heavy atom. The Balaban J connectivity index is 2.36. The summed E-state index contributed by atoms with van der Waals surface area (Å²) in [5.41, 5.74) is 0.637. The molecule has 0 fully saturated rings.